The predicted molar refractivity (Wildman–Crippen MR) is 99.7 cm³/mol. The summed E-state index contributed by atoms with van der Waals surface area (Å²) in [5.41, 5.74) is 0.551. The molecule has 136 valence electrons. The van der Waals surface area contributed by atoms with Gasteiger partial charge in [-0.25, -0.2) is 0 Å². The third-order valence-corrected chi connectivity index (χ3v) is 9.83. The van der Waals surface area contributed by atoms with Gasteiger partial charge in [0.2, 0.25) is 11.8 Å². The fraction of sp³-hybridized carbons (Fsp3) is 0.526. The number of hydrogen-bond donors (Lipinski definition) is 0. The van der Waals surface area contributed by atoms with E-state index in [-0.39, 0.29) is 29.9 Å². The van der Waals surface area contributed by atoms with Crippen LogP contribution >= 0.6 is 0 Å². The largest absolute Gasteiger partial charge is 0.416 e. The van der Waals surface area contributed by atoms with Crippen LogP contribution in [0.15, 0.2) is 30.3 Å². The molecule has 1 aromatic carbocycles. The zero-order valence-electron chi connectivity index (χ0n) is 15.6. The number of rotatable bonds is 6. The first-order chi connectivity index (χ1) is 11.6. The number of carbonyl (C=O) groups is 3. The third kappa shape index (κ3) is 4.07. The van der Waals surface area contributed by atoms with Gasteiger partial charge in [0.25, 0.3) is 0 Å². The molecule has 0 bridgehead atoms. The quantitative estimate of drug-likeness (QED) is 0.442. The summed E-state index contributed by atoms with van der Waals surface area (Å²) < 4.78 is 6.11. The number of nitrogens with zero attached hydrogens (tertiary/aromatic N) is 1. The molecular formula is C19H27NO4Si. The Bertz CT molecular complexity index is 651. The van der Waals surface area contributed by atoms with Crippen molar-refractivity contribution in [3.63, 3.8) is 0 Å². The van der Waals surface area contributed by atoms with Crippen molar-refractivity contribution in [3.8, 4) is 0 Å². The second kappa shape index (κ2) is 7.21. The van der Waals surface area contributed by atoms with Gasteiger partial charge in [-0.05, 0) is 30.3 Å². The number of carbonyl (C=O) groups excluding carboxylic acids is 3. The Labute approximate surface area is 150 Å². The molecule has 2 amide bonds. The maximum atomic E-state index is 12.7. The molecule has 2 rings (SSSR count). The van der Waals surface area contributed by atoms with Crippen LogP contribution in [-0.2, 0) is 18.8 Å². The molecule has 0 radical (unpaired) electrons. The highest BCUT2D eigenvalue weighted by Crippen LogP contribution is 2.38. The van der Waals surface area contributed by atoms with E-state index in [1.165, 1.54) is 4.90 Å². The van der Waals surface area contributed by atoms with Crippen molar-refractivity contribution in [3.05, 3.63) is 30.3 Å². The Hall–Kier alpha value is -1.79. The lowest BCUT2D eigenvalue weighted by Gasteiger charge is -2.37. The summed E-state index contributed by atoms with van der Waals surface area (Å²) in [5, 5.41) is 0.0199. The van der Waals surface area contributed by atoms with E-state index in [4.69, 9.17) is 4.43 Å². The highest BCUT2D eigenvalue weighted by atomic mass is 28.4. The van der Waals surface area contributed by atoms with E-state index in [0.717, 1.165) is 6.29 Å². The summed E-state index contributed by atoms with van der Waals surface area (Å²) in [7, 11) is -2.02. The van der Waals surface area contributed by atoms with E-state index in [1.54, 1.807) is 24.3 Å². The second-order valence-electron chi connectivity index (χ2n) is 8.08. The molecular weight excluding hydrogens is 334 g/mol. The number of aldehydes is 1. The van der Waals surface area contributed by atoms with Crippen LogP contribution < -0.4 is 4.90 Å². The van der Waals surface area contributed by atoms with Crippen LogP contribution in [0, 0.1) is 11.8 Å². The topological polar surface area (TPSA) is 63.7 Å². The summed E-state index contributed by atoms with van der Waals surface area (Å²) in [5.74, 6) is -1.82. The SMILES string of the molecule is CC(C)(C)[Si](C)(C)OC[C@@H](C=O)[C@@H]1CC(=O)N(c2ccccc2)C1=O. The first kappa shape index (κ1) is 19.5. The molecule has 1 aromatic rings. The molecule has 0 N–H and O–H groups in total. The standard InChI is InChI=1S/C19H27NO4Si/c1-19(2,3)25(4,5)24-13-14(12-21)16-11-17(22)20(18(16)23)15-9-7-6-8-10-15/h6-10,12,14,16H,11,13H2,1-5H3/t14-,16+/m1/s1. The molecule has 0 saturated carbocycles. The smallest absolute Gasteiger partial charge is 0.238 e. The maximum Gasteiger partial charge on any atom is 0.238 e. The van der Waals surface area contributed by atoms with Gasteiger partial charge in [-0.15, -0.1) is 0 Å². The van der Waals surface area contributed by atoms with Crippen molar-refractivity contribution >= 4 is 32.1 Å². The van der Waals surface area contributed by atoms with Crippen LogP contribution in [0.3, 0.4) is 0 Å². The zero-order valence-corrected chi connectivity index (χ0v) is 16.6. The number of benzene rings is 1. The van der Waals surface area contributed by atoms with Crippen molar-refractivity contribution in [1.29, 1.82) is 0 Å². The lowest BCUT2D eigenvalue weighted by molar-refractivity contribution is -0.126. The van der Waals surface area contributed by atoms with E-state index in [1.807, 2.05) is 6.07 Å². The summed E-state index contributed by atoms with van der Waals surface area (Å²) in [4.78, 5) is 37.9. The number of imide groups is 1. The molecule has 0 aromatic heterocycles. The van der Waals surface area contributed by atoms with Crippen molar-refractivity contribution in [2.75, 3.05) is 11.5 Å². The van der Waals surface area contributed by atoms with Crippen molar-refractivity contribution < 1.29 is 18.8 Å². The average molecular weight is 362 g/mol. The molecule has 2 atom stereocenters. The Morgan fingerprint density at radius 2 is 1.84 bits per heavy atom. The van der Waals surface area contributed by atoms with Gasteiger partial charge in [0, 0.05) is 18.9 Å². The molecule has 5 nitrogen and oxygen atoms in total. The van der Waals surface area contributed by atoms with Crippen molar-refractivity contribution in [2.24, 2.45) is 11.8 Å². The lowest BCUT2D eigenvalue weighted by atomic mass is 9.93. The normalized spacial score (nSPS) is 20.0. The van der Waals surface area contributed by atoms with Gasteiger partial charge >= 0.3 is 0 Å². The minimum Gasteiger partial charge on any atom is -0.416 e. The first-order valence-corrected chi connectivity index (χ1v) is 11.5. The fourth-order valence-electron chi connectivity index (χ4n) is 2.61. The molecule has 0 aliphatic carbocycles. The van der Waals surface area contributed by atoms with Gasteiger partial charge in [-0.1, -0.05) is 39.0 Å². The van der Waals surface area contributed by atoms with Crippen LogP contribution in [0.4, 0.5) is 5.69 Å². The van der Waals surface area contributed by atoms with Crippen LogP contribution in [0.2, 0.25) is 18.1 Å². The van der Waals surface area contributed by atoms with Gasteiger partial charge < -0.3 is 9.22 Å². The monoisotopic (exact) mass is 361 g/mol. The minimum absolute atomic E-state index is 0.0199. The zero-order chi connectivity index (χ0) is 18.8. The van der Waals surface area contributed by atoms with E-state index in [9.17, 15) is 14.4 Å². The number of amides is 2. The first-order valence-electron chi connectivity index (χ1n) is 8.59. The molecule has 1 aliphatic heterocycles. The summed E-state index contributed by atoms with van der Waals surface area (Å²) in [6.07, 6.45) is 0.815. The highest BCUT2D eigenvalue weighted by molar-refractivity contribution is 6.74. The molecule has 0 unspecified atom stereocenters. The summed E-state index contributed by atoms with van der Waals surface area (Å²) in [6.45, 7) is 10.8. The predicted octanol–water partition coefficient (Wildman–Crippen LogP) is 3.40. The van der Waals surface area contributed by atoms with Crippen LogP contribution in [0.5, 0.6) is 0 Å². The number of anilines is 1. The maximum absolute atomic E-state index is 12.7. The van der Waals surface area contributed by atoms with E-state index < -0.39 is 20.2 Å². The van der Waals surface area contributed by atoms with Gasteiger partial charge in [0.05, 0.1) is 11.6 Å². The van der Waals surface area contributed by atoms with Gasteiger partial charge in [-0.3, -0.25) is 14.5 Å². The second-order valence-corrected chi connectivity index (χ2v) is 12.9. The Morgan fingerprint density at radius 3 is 2.36 bits per heavy atom. The van der Waals surface area contributed by atoms with E-state index in [0.29, 0.717) is 5.69 Å². The molecule has 1 aliphatic rings. The third-order valence-electron chi connectivity index (χ3n) is 5.33. The number of para-hydroxylation sites is 1. The minimum atomic E-state index is -2.02. The Morgan fingerprint density at radius 1 is 1.24 bits per heavy atom. The molecule has 1 saturated heterocycles. The molecule has 1 fully saturated rings. The molecule has 1 heterocycles. The molecule has 0 spiro atoms. The highest BCUT2D eigenvalue weighted by Gasteiger charge is 2.45. The lowest BCUT2D eigenvalue weighted by Crippen LogP contribution is -2.43. The fourth-order valence-corrected chi connectivity index (χ4v) is 3.65. The Balaban J connectivity index is 2.13. The van der Waals surface area contributed by atoms with Crippen molar-refractivity contribution in [1.82, 2.24) is 0 Å². The van der Waals surface area contributed by atoms with Crippen LogP contribution in [0.1, 0.15) is 27.2 Å². The summed E-state index contributed by atoms with van der Waals surface area (Å²) in [6, 6.07) is 8.83. The molecule has 25 heavy (non-hydrogen) atoms. The van der Waals surface area contributed by atoms with E-state index >= 15 is 0 Å². The van der Waals surface area contributed by atoms with Gasteiger partial charge in [-0.2, -0.15) is 0 Å². The average Bonchev–Trinajstić information content (AvgIpc) is 2.82. The number of hydrogen-bond acceptors (Lipinski definition) is 4. The Kier molecular flexibility index (Phi) is 5.64. The van der Waals surface area contributed by atoms with Crippen molar-refractivity contribution in [2.45, 2.75) is 45.3 Å². The van der Waals surface area contributed by atoms with Crippen LogP contribution in [-0.4, -0.2) is 33.0 Å². The van der Waals surface area contributed by atoms with Crippen LogP contribution in [0.25, 0.3) is 0 Å². The van der Waals surface area contributed by atoms with Gasteiger partial charge in [0.15, 0.2) is 8.32 Å². The molecule has 6 heteroatoms. The van der Waals surface area contributed by atoms with Gasteiger partial charge in [0.1, 0.15) is 6.29 Å². The summed E-state index contributed by atoms with van der Waals surface area (Å²) >= 11 is 0. The van der Waals surface area contributed by atoms with E-state index in [2.05, 4.69) is 33.9 Å².